The van der Waals surface area contributed by atoms with E-state index in [2.05, 4.69) is 22.6 Å². The third-order valence-electron chi connectivity index (χ3n) is 2.22. The summed E-state index contributed by atoms with van der Waals surface area (Å²) in [6, 6.07) is 8.03. The van der Waals surface area contributed by atoms with E-state index >= 15 is 0 Å². The summed E-state index contributed by atoms with van der Waals surface area (Å²) in [7, 11) is 0. The molecule has 0 unspecified atom stereocenters. The topological polar surface area (TPSA) is 0 Å². The Morgan fingerprint density at radius 1 is 0.941 bits per heavy atom. The third kappa shape index (κ3) is 2.87. The quantitative estimate of drug-likeness (QED) is 0.403. The molecule has 0 amide bonds. The van der Waals surface area contributed by atoms with Crippen LogP contribution in [0, 0.1) is 9.39 Å². The van der Waals surface area contributed by atoms with Crippen molar-refractivity contribution in [3.63, 3.8) is 0 Å². The van der Waals surface area contributed by atoms with Crippen molar-refractivity contribution in [1.29, 1.82) is 0 Å². The lowest BCUT2D eigenvalue weighted by atomic mass is 10.1. The van der Waals surface area contributed by atoms with Crippen molar-refractivity contribution >= 4 is 57.4 Å². The summed E-state index contributed by atoms with van der Waals surface area (Å²) in [4.78, 5) is 0. The van der Waals surface area contributed by atoms with Crippen molar-refractivity contribution in [2.24, 2.45) is 0 Å². The Labute approximate surface area is 127 Å². The first-order valence-corrected chi connectivity index (χ1v) is 6.80. The summed E-state index contributed by atoms with van der Waals surface area (Å²) in [6.07, 6.45) is 0. The lowest BCUT2D eigenvalue weighted by Crippen LogP contribution is -1.86. The van der Waals surface area contributed by atoms with E-state index in [-0.39, 0.29) is 10.8 Å². The first-order valence-electron chi connectivity index (χ1n) is 4.59. The number of hydrogen-bond donors (Lipinski definition) is 0. The van der Waals surface area contributed by atoms with Crippen molar-refractivity contribution in [3.8, 4) is 11.1 Å². The van der Waals surface area contributed by atoms with Crippen LogP contribution >= 0.6 is 57.4 Å². The molecule has 0 N–H and O–H groups in total. The number of rotatable bonds is 1. The van der Waals surface area contributed by atoms with Crippen molar-refractivity contribution in [2.75, 3.05) is 0 Å². The molecule has 5 heteroatoms. The molecule has 88 valence electrons. The minimum Gasteiger partial charge on any atom is -0.206 e. The molecule has 0 aliphatic carbocycles. The zero-order valence-corrected chi connectivity index (χ0v) is 12.7. The maximum atomic E-state index is 13.7. The van der Waals surface area contributed by atoms with Gasteiger partial charge in [0, 0.05) is 9.13 Å². The van der Waals surface area contributed by atoms with E-state index in [0.717, 1.165) is 3.57 Å². The second-order valence-corrected chi connectivity index (χ2v) is 5.82. The van der Waals surface area contributed by atoms with Gasteiger partial charge in [-0.05, 0) is 58.5 Å². The first-order chi connectivity index (χ1) is 7.99. The molecule has 0 spiro atoms. The first kappa shape index (κ1) is 13.4. The highest BCUT2D eigenvalue weighted by atomic mass is 127. The maximum absolute atomic E-state index is 13.7. The van der Waals surface area contributed by atoms with Crippen molar-refractivity contribution in [2.45, 2.75) is 0 Å². The molecule has 0 nitrogen and oxygen atoms in total. The zero-order valence-electron chi connectivity index (χ0n) is 8.28. The molecule has 0 bridgehead atoms. The van der Waals surface area contributed by atoms with E-state index < -0.39 is 0 Å². The molecule has 0 aliphatic rings. The van der Waals surface area contributed by atoms with Gasteiger partial charge >= 0.3 is 0 Å². The Morgan fingerprint density at radius 2 is 1.53 bits per heavy atom. The molecule has 2 aromatic carbocycles. The molecule has 0 aromatic heterocycles. The fourth-order valence-electron chi connectivity index (χ4n) is 1.43. The predicted octanol–water partition coefficient (Wildman–Crippen LogP) is 6.06. The fourth-order valence-corrected chi connectivity index (χ4v) is 2.52. The second-order valence-electron chi connectivity index (χ2n) is 3.38. The van der Waals surface area contributed by atoms with E-state index in [0.29, 0.717) is 21.2 Å². The second kappa shape index (κ2) is 5.31. The summed E-state index contributed by atoms with van der Waals surface area (Å²) in [5.41, 5.74) is 1.07. The Bertz CT molecular complexity index is 561. The van der Waals surface area contributed by atoms with Gasteiger partial charge in [-0.1, -0.05) is 34.8 Å². The van der Waals surface area contributed by atoms with Crippen LogP contribution in [0.25, 0.3) is 11.1 Å². The van der Waals surface area contributed by atoms with Gasteiger partial charge in [-0.3, -0.25) is 0 Å². The molecule has 0 saturated carbocycles. The fraction of sp³-hybridized carbons (Fsp3) is 0. The zero-order chi connectivity index (χ0) is 12.6. The minimum atomic E-state index is -0.320. The summed E-state index contributed by atoms with van der Waals surface area (Å²) < 4.78 is 14.6. The molecule has 2 rings (SSSR count). The van der Waals surface area contributed by atoms with Crippen LogP contribution in [0.5, 0.6) is 0 Å². The average molecular weight is 401 g/mol. The van der Waals surface area contributed by atoms with Crippen molar-refractivity contribution in [1.82, 2.24) is 0 Å². The molecule has 0 atom stereocenters. The van der Waals surface area contributed by atoms with Gasteiger partial charge in [0.2, 0.25) is 0 Å². The smallest absolute Gasteiger partial charge is 0.131 e. The Hall–Kier alpha value is -0.0300. The molecular formula is C12H5Cl3FI. The van der Waals surface area contributed by atoms with Crippen LogP contribution in [0.4, 0.5) is 4.39 Å². The molecule has 2 aromatic rings. The maximum Gasteiger partial charge on any atom is 0.131 e. The lowest BCUT2D eigenvalue weighted by Gasteiger charge is -2.07. The van der Waals surface area contributed by atoms with E-state index in [4.69, 9.17) is 34.8 Å². The molecule has 0 heterocycles. The van der Waals surface area contributed by atoms with Crippen molar-refractivity contribution < 1.29 is 4.39 Å². The van der Waals surface area contributed by atoms with Crippen LogP contribution in [-0.2, 0) is 0 Å². The third-order valence-corrected chi connectivity index (χ3v) is 4.09. The Morgan fingerprint density at radius 3 is 2.12 bits per heavy atom. The summed E-state index contributed by atoms with van der Waals surface area (Å²) in [5.74, 6) is -0.320. The Balaban J connectivity index is 2.64. The highest BCUT2D eigenvalue weighted by Gasteiger charge is 2.11. The number of hydrogen-bond acceptors (Lipinski definition) is 0. The molecule has 0 fully saturated rings. The van der Waals surface area contributed by atoms with Gasteiger partial charge in [0.05, 0.1) is 15.1 Å². The van der Waals surface area contributed by atoms with Crippen molar-refractivity contribution in [3.05, 3.63) is 54.8 Å². The van der Waals surface area contributed by atoms with Gasteiger partial charge in [-0.15, -0.1) is 0 Å². The molecular weight excluding hydrogens is 396 g/mol. The minimum absolute atomic E-state index is 0.281. The van der Waals surface area contributed by atoms with E-state index in [9.17, 15) is 4.39 Å². The molecule has 0 radical (unpaired) electrons. The summed E-state index contributed by atoms with van der Waals surface area (Å²) >= 11 is 19.8. The number of benzene rings is 2. The van der Waals surface area contributed by atoms with Gasteiger partial charge in [-0.2, -0.15) is 0 Å². The van der Waals surface area contributed by atoms with Gasteiger partial charge < -0.3 is 0 Å². The van der Waals surface area contributed by atoms with E-state index in [1.807, 2.05) is 0 Å². The SMILES string of the molecule is Fc1ccc(I)cc1-c1cc(Cl)c(Cl)c(Cl)c1. The highest BCUT2D eigenvalue weighted by molar-refractivity contribution is 14.1. The van der Waals surface area contributed by atoms with Gasteiger partial charge in [0.1, 0.15) is 5.82 Å². The van der Waals surface area contributed by atoms with Crippen LogP contribution in [0.2, 0.25) is 15.1 Å². The molecule has 17 heavy (non-hydrogen) atoms. The van der Waals surface area contributed by atoms with Crippen LogP contribution in [0.3, 0.4) is 0 Å². The van der Waals surface area contributed by atoms with Crippen LogP contribution in [-0.4, -0.2) is 0 Å². The summed E-state index contributed by atoms with van der Waals surface area (Å²) in [5, 5.41) is 0.906. The Kier molecular flexibility index (Phi) is 4.18. The average Bonchev–Trinajstić information content (AvgIpc) is 2.28. The highest BCUT2D eigenvalue weighted by Crippen LogP contribution is 2.36. The van der Waals surface area contributed by atoms with Gasteiger partial charge in [0.15, 0.2) is 0 Å². The van der Waals surface area contributed by atoms with E-state index in [1.165, 1.54) is 6.07 Å². The largest absolute Gasteiger partial charge is 0.206 e. The van der Waals surface area contributed by atoms with Crippen LogP contribution in [0.15, 0.2) is 30.3 Å². The van der Waals surface area contributed by atoms with Crippen LogP contribution < -0.4 is 0 Å². The van der Waals surface area contributed by atoms with Gasteiger partial charge in [-0.25, -0.2) is 4.39 Å². The standard InChI is InChI=1S/C12H5Cl3FI/c13-9-3-6(4-10(14)12(9)15)8-5-7(17)1-2-11(8)16/h1-5H. The van der Waals surface area contributed by atoms with Crippen LogP contribution in [0.1, 0.15) is 0 Å². The molecule has 0 saturated heterocycles. The normalized spacial score (nSPS) is 10.6. The van der Waals surface area contributed by atoms with E-state index in [1.54, 1.807) is 24.3 Å². The molecule has 0 aliphatic heterocycles. The predicted molar refractivity (Wildman–Crippen MR) is 79.6 cm³/mol. The summed E-state index contributed by atoms with van der Waals surface area (Å²) in [6.45, 7) is 0. The number of halogens is 5. The lowest BCUT2D eigenvalue weighted by molar-refractivity contribution is 0.631. The van der Waals surface area contributed by atoms with Gasteiger partial charge in [0.25, 0.3) is 0 Å². The monoisotopic (exact) mass is 400 g/mol.